The van der Waals surface area contributed by atoms with E-state index in [1.54, 1.807) is 0 Å². The van der Waals surface area contributed by atoms with Crippen molar-refractivity contribution in [2.75, 3.05) is 6.54 Å². The lowest BCUT2D eigenvalue weighted by atomic mass is 9.99. The predicted octanol–water partition coefficient (Wildman–Crippen LogP) is 3.61. The molecule has 1 aliphatic carbocycles. The first-order valence-electron chi connectivity index (χ1n) is 6.23. The first-order chi connectivity index (χ1) is 6.89. The Kier molecular flexibility index (Phi) is 3.65. The van der Waals surface area contributed by atoms with Crippen LogP contribution in [0.2, 0.25) is 0 Å². The lowest BCUT2D eigenvalue weighted by molar-refractivity contribution is 0.386. The lowest BCUT2D eigenvalue weighted by Crippen LogP contribution is -2.33. The Morgan fingerprint density at radius 2 is 1.80 bits per heavy atom. The molecule has 0 aliphatic heterocycles. The van der Waals surface area contributed by atoms with Crippen LogP contribution in [0, 0.1) is 16.7 Å². The van der Waals surface area contributed by atoms with Crippen molar-refractivity contribution in [3.05, 3.63) is 12.7 Å². The van der Waals surface area contributed by atoms with Gasteiger partial charge in [0, 0.05) is 6.04 Å². The molecule has 1 N–H and O–H groups in total. The zero-order chi connectivity index (χ0) is 11.7. The Bertz CT molecular complexity index is 213. The summed E-state index contributed by atoms with van der Waals surface area (Å²) in [4.78, 5) is 0. The zero-order valence-electron chi connectivity index (χ0n) is 11.1. The van der Waals surface area contributed by atoms with Crippen molar-refractivity contribution in [3.8, 4) is 0 Å². The summed E-state index contributed by atoms with van der Waals surface area (Å²) in [5.41, 5.74) is 0.974. The lowest BCUT2D eigenvalue weighted by Gasteiger charge is -2.19. The SMILES string of the molecule is C=CCCC(NCC)C1C(C)(C)C1(C)C. The molecule has 1 unspecified atom stereocenters. The fourth-order valence-corrected chi connectivity index (χ4v) is 3.20. The van der Waals surface area contributed by atoms with Gasteiger partial charge >= 0.3 is 0 Å². The van der Waals surface area contributed by atoms with E-state index in [-0.39, 0.29) is 0 Å². The molecular weight excluding hydrogens is 182 g/mol. The van der Waals surface area contributed by atoms with Gasteiger partial charge in [0.05, 0.1) is 0 Å². The van der Waals surface area contributed by atoms with Gasteiger partial charge in [0.25, 0.3) is 0 Å². The summed E-state index contributed by atoms with van der Waals surface area (Å²) in [6.07, 6.45) is 4.39. The highest BCUT2D eigenvalue weighted by molar-refractivity contribution is 5.16. The van der Waals surface area contributed by atoms with Gasteiger partial charge in [-0.25, -0.2) is 0 Å². The third kappa shape index (κ3) is 2.13. The fourth-order valence-electron chi connectivity index (χ4n) is 3.20. The van der Waals surface area contributed by atoms with Crippen LogP contribution in [0.15, 0.2) is 12.7 Å². The maximum Gasteiger partial charge on any atom is 0.0109 e. The normalized spacial score (nSPS) is 24.9. The number of hydrogen-bond donors (Lipinski definition) is 1. The predicted molar refractivity (Wildman–Crippen MR) is 67.9 cm³/mol. The maximum atomic E-state index is 3.82. The molecule has 1 saturated carbocycles. The summed E-state index contributed by atoms with van der Waals surface area (Å²) in [5, 5.41) is 3.64. The van der Waals surface area contributed by atoms with Gasteiger partial charge < -0.3 is 5.32 Å². The van der Waals surface area contributed by atoms with Crippen LogP contribution in [0.25, 0.3) is 0 Å². The molecule has 0 amide bonds. The molecule has 1 heteroatoms. The van der Waals surface area contributed by atoms with Crippen molar-refractivity contribution in [1.82, 2.24) is 5.32 Å². The van der Waals surface area contributed by atoms with E-state index < -0.39 is 0 Å². The minimum Gasteiger partial charge on any atom is -0.314 e. The zero-order valence-corrected chi connectivity index (χ0v) is 11.1. The molecule has 1 fully saturated rings. The van der Waals surface area contributed by atoms with Crippen LogP contribution in [0.5, 0.6) is 0 Å². The van der Waals surface area contributed by atoms with Gasteiger partial charge in [-0.15, -0.1) is 6.58 Å². The van der Waals surface area contributed by atoms with Crippen molar-refractivity contribution in [3.63, 3.8) is 0 Å². The molecule has 1 rings (SSSR count). The molecule has 0 heterocycles. The smallest absolute Gasteiger partial charge is 0.0109 e. The van der Waals surface area contributed by atoms with Crippen LogP contribution in [0.4, 0.5) is 0 Å². The van der Waals surface area contributed by atoms with Crippen LogP contribution in [-0.4, -0.2) is 12.6 Å². The van der Waals surface area contributed by atoms with Gasteiger partial charge in [0.1, 0.15) is 0 Å². The average molecular weight is 209 g/mol. The van der Waals surface area contributed by atoms with E-state index in [4.69, 9.17) is 0 Å². The van der Waals surface area contributed by atoms with E-state index in [0.717, 1.165) is 18.9 Å². The third-order valence-electron chi connectivity index (χ3n) is 4.68. The Labute approximate surface area is 95.3 Å². The highest BCUT2D eigenvalue weighted by Gasteiger charge is 2.66. The molecule has 1 aliphatic rings. The van der Waals surface area contributed by atoms with Crippen molar-refractivity contribution in [2.45, 2.75) is 53.5 Å². The number of nitrogens with one attached hydrogen (secondary N) is 1. The van der Waals surface area contributed by atoms with E-state index >= 15 is 0 Å². The van der Waals surface area contributed by atoms with E-state index in [9.17, 15) is 0 Å². The molecule has 0 aromatic heterocycles. The van der Waals surface area contributed by atoms with Crippen molar-refractivity contribution >= 4 is 0 Å². The minimum absolute atomic E-state index is 0.487. The van der Waals surface area contributed by atoms with Crippen LogP contribution in [0.1, 0.15) is 47.5 Å². The van der Waals surface area contributed by atoms with Gasteiger partial charge in [-0.05, 0) is 36.1 Å². The first kappa shape index (κ1) is 12.8. The number of hydrogen-bond acceptors (Lipinski definition) is 1. The molecule has 0 spiro atoms. The van der Waals surface area contributed by atoms with Gasteiger partial charge in [0.15, 0.2) is 0 Å². The van der Waals surface area contributed by atoms with Gasteiger partial charge in [-0.1, -0.05) is 40.7 Å². The summed E-state index contributed by atoms with van der Waals surface area (Å²) in [5.74, 6) is 0.810. The number of allylic oxidation sites excluding steroid dienone is 1. The Hall–Kier alpha value is -0.300. The first-order valence-corrected chi connectivity index (χ1v) is 6.23. The standard InChI is InChI=1S/C14H27N/c1-7-9-10-11(15-8-2)12-13(3,4)14(12,5)6/h7,11-12,15H,1,8-10H2,2-6H3. The van der Waals surface area contributed by atoms with E-state index in [1.807, 2.05) is 6.08 Å². The van der Waals surface area contributed by atoms with Crippen molar-refractivity contribution < 1.29 is 0 Å². The van der Waals surface area contributed by atoms with Gasteiger partial charge in [-0.2, -0.15) is 0 Å². The quantitative estimate of drug-likeness (QED) is 0.659. The Morgan fingerprint density at radius 3 is 2.13 bits per heavy atom. The molecule has 0 radical (unpaired) electrons. The second-order valence-corrected chi connectivity index (χ2v) is 5.95. The molecule has 0 aromatic rings. The van der Waals surface area contributed by atoms with E-state index in [0.29, 0.717) is 16.9 Å². The van der Waals surface area contributed by atoms with Crippen molar-refractivity contribution in [2.24, 2.45) is 16.7 Å². The molecule has 1 atom stereocenters. The average Bonchev–Trinajstić information content (AvgIpc) is 2.53. The highest BCUT2D eigenvalue weighted by Crippen LogP contribution is 2.70. The molecule has 88 valence electrons. The van der Waals surface area contributed by atoms with Crippen LogP contribution in [0.3, 0.4) is 0 Å². The van der Waals surface area contributed by atoms with Crippen LogP contribution < -0.4 is 5.32 Å². The molecule has 0 aromatic carbocycles. The third-order valence-corrected chi connectivity index (χ3v) is 4.68. The molecule has 1 nitrogen and oxygen atoms in total. The summed E-state index contributed by atoms with van der Waals surface area (Å²) >= 11 is 0. The Morgan fingerprint density at radius 1 is 1.27 bits per heavy atom. The van der Waals surface area contributed by atoms with E-state index in [2.05, 4.69) is 46.5 Å². The van der Waals surface area contributed by atoms with Gasteiger partial charge in [-0.3, -0.25) is 0 Å². The largest absolute Gasteiger partial charge is 0.314 e. The Balaban J connectivity index is 2.62. The molecule has 0 saturated heterocycles. The molecule has 0 bridgehead atoms. The van der Waals surface area contributed by atoms with Crippen LogP contribution in [-0.2, 0) is 0 Å². The maximum absolute atomic E-state index is 3.82. The fraction of sp³-hybridized carbons (Fsp3) is 0.857. The summed E-state index contributed by atoms with van der Waals surface area (Å²) < 4.78 is 0. The summed E-state index contributed by atoms with van der Waals surface area (Å²) in [7, 11) is 0. The second-order valence-electron chi connectivity index (χ2n) is 5.95. The summed E-state index contributed by atoms with van der Waals surface area (Å²) in [6, 6.07) is 0.665. The monoisotopic (exact) mass is 209 g/mol. The van der Waals surface area contributed by atoms with Crippen LogP contribution >= 0.6 is 0 Å². The summed E-state index contributed by atoms with van der Waals surface area (Å²) in [6.45, 7) is 16.7. The molecular formula is C14H27N. The minimum atomic E-state index is 0.487. The highest BCUT2D eigenvalue weighted by atomic mass is 15.0. The molecule has 15 heavy (non-hydrogen) atoms. The van der Waals surface area contributed by atoms with Gasteiger partial charge in [0.2, 0.25) is 0 Å². The topological polar surface area (TPSA) is 12.0 Å². The second kappa shape index (κ2) is 4.29. The van der Waals surface area contributed by atoms with Crippen molar-refractivity contribution in [1.29, 1.82) is 0 Å². The van der Waals surface area contributed by atoms with E-state index in [1.165, 1.54) is 6.42 Å². The number of rotatable bonds is 6.